The fourth-order valence-corrected chi connectivity index (χ4v) is 3.23. The summed E-state index contributed by atoms with van der Waals surface area (Å²) in [4.78, 5) is 0. The first-order valence-corrected chi connectivity index (χ1v) is 8.09. The van der Waals surface area contributed by atoms with Crippen LogP contribution < -0.4 is 9.47 Å². The van der Waals surface area contributed by atoms with E-state index in [1.54, 1.807) is 0 Å². The van der Waals surface area contributed by atoms with Gasteiger partial charge in [-0.15, -0.1) is 0 Å². The number of hydrogen-bond acceptors (Lipinski definition) is 2. The molecule has 2 aromatic carbocycles. The van der Waals surface area contributed by atoms with Crippen molar-refractivity contribution in [2.45, 2.75) is 34.1 Å². The van der Waals surface area contributed by atoms with Crippen molar-refractivity contribution in [1.29, 1.82) is 0 Å². The second-order valence-corrected chi connectivity index (χ2v) is 6.46. The molecule has 2 aromatic rings. The third-order valence-corrected chi connectivity index (χ3v) is 4.17. The molecule has 2 heteroatoms. The first-order valence-electron chi connectivity index (χ1n) is 8.09. The zero-order valence-corrected chi connectivity index (χ0v) is 13.9. The van der Waals surface area contributed by atoms with E-state index in [1.165, 1.54) is 11.1 Å². The minimum Gasteiger partial charge on any atom is -0.493 e. The highest BCUT2D eigenvalue weighted by molar-refractivity contribution is 5.98. The van der Waals surface area contributed by atoms with Crippen LogP contribution in [0.3, 0.4) is 0 Å². The minimum absolute atomic E-state index is 0.144. The molecule has 0 saturated heterocycles. The van der Waals surface area contributed by atoms with Gasteiger partial charge >= 0.3 is 0 Å². The van der Waals surface area contributed by atoms with E-state index in [4.69, 9.17) is 9.47 Å². The summed E-state index contributed by atoms with van der Waals surface area (Å²) in [6, 6.07) is 8.38. The van der Waals surface area contributed by atoms with E-state index in [2.05, 4.69) is 50.3 Å². The Labute approximate surface area is 132 Å². The van der Waals surface area contributed by atoms with Crippen molar-refractivity contribution >= 4 is 16.8 Å². The Bertz CT molecular complexity index is 726. The predicted molar refractivity (Wildman–Crippen MR) is 92.8 cm³/mol. The van der Waals surface area contributed by atoms with Gasteiger partial charge in [0, 0.05) is 21.9 Å². The second-order valence-electron chi connectivity index (χ2n) is 6.46. The van der Waals surface area contributed by atoms with Gasteiger partial charge in [-0.05, 0) is 25.7 Å². The van der Waals surface area contributed by atoms with Crippen molar-refractivity contribution in [3.63, 3.8) is 0 Å². The molecule has 3 rings (SSSR count). The van der Waals surface area contributed by atoms with Crippen molar-refractivity contribution in [3.8, 4) is 11.5 Å². The van der Waals surface area contributed by atoms with Crippen molar-refractivity contribution in [3.05, 3.63) is 41.5 Å². The maximum absolute atomic E-state index is 6.05. The van der Waals surface area contributed by atoms with Gasteiger partial charge in [-0.2, -0.15) is 0 Å². The van der Waals surface area contributed by atoms with E-state index in [9.17, 15) is 0 Å². The molecule has 2 nitrogen and oxygen atoms in total. The normalized spacial score (nSPS) is 15.6. The second kappa shape index (κ2) is 5.68. The molecular formula is C20H24O2. The van der Waals surface area contributed by atoms with Crippen LogP contribution in [0.2, 0.25) is 0 Å². The van der Waals surface area contributed by atoms with Gasteiger partial charge in [0.15, 0.2) is 0 Å². The monoisotopic (exact) mass is 296 g/mol. The molecule has 0 unspecified atom stereocenters. The molecule has 0 radical (unpaired) electrons. The van der Waals surface area contributed by atoms with Gasteiger partial charge in [-0.3, -0.25) is 0 Å². The number of hydrogen-bond donors (Lipinski definition) is 0. The Morgan fingerprint density at radius 3 is 2.18 bits per heavy atom. The summed E-state index contributed by atoms with van der Waals surface area (Å²) in [6.45, 7) is 9.95. The van der Waals surface area contributed by atoms with Crippen molar-refractivity contribution in [2.24, 2.45) is 5.41 Å². The highest BCUT2D eigenvalue weighted by Crippen LogP contribution is 2.46. The Morgan fingerprint density at radius 2 is 1.55 bits per heavy atom. The lowest BCUT2D eigenvalue weighted by Gasteiger charge is -2.30. The number of fused-ring (bicyclic) bond motifs is 2. The quantitative estimate of drug-likeness (QED) is 0.769. The summed E-state index contributed by atoms with van der Waals surface area (Å²) in [5, 5.41) is 2.29. The van der Waals surface area contributed by atoms with Crippen LogP contribution in [0.1, 0.15) is 38.8 Å². The molecule has 0 aromatic heterocycles. The fraction of sp³-hybridized carbons (Fsp3) is 0.400. The van der Waals surface area contributed by atoms with E-state index >= 15 is 0 Å². The molecule has 22 heavy (non-hydrogen) atoms. The average molecular weight is 296 g/mol. The molecular weight excluding hydrogens is 272 g/mol. The molecule has 1 aliphatic rings. The molecule has 0 heterocycles. The molecule has 1 aliphatic carbocycles. The van der Waals surface area contributed by atoms with Gasteiger partial charge in [0.1, 0.15) is 11.5 Å². The number of benzene rings is 2. The molecule has 0 aliphatic heterocycles. The first kappa shape index (κ1) is 15.0. The number of allylic oxidation sites excluding steroid dienone is 1. The van der Waals surface area contributed by atoms with Crippen LogP contribution in [-0.4, -0.2) is 13.2 Å². The fourth-order valence-electron chi connectivity index (χ4n) is 3.23. The minimum atomic E-state index is 0.144. The number of ether oxygens (including phenoxy) is 2. The highest BCUT2D eigenvalue weighted by Gasteiger charge is 2.28. The molecule has 116 valence electrons. The predicted octanol–water partition coefficient (Wildman–Crippen LogP) is 5.23. The first-order chi connectivity index (χ1) is 10.6. The molecule has 0 atom stereocenters. The maximum atomic E-state index is 6.05. The average Bonchev–Trinajstić information content (AvgIpc) is 2.50. The Morgan fingerprint density at radius 1 is 0.955 bits per heavy atom. The summed E-state index contributed by atoms with van der Waals surface area (Å²) in [7, 11) is 0. The van der Waals surface area contributed by atoms with E-state index < -0.39 is 0 Å². The Balaban J connectivity index is 2.36. The molecule has 0 amide bonds. The van der Waals surface area contributed by atoms with Crippen molar-refractivity contribution in [1.82, 2.24) is 0 Å². The maximum Gasteiger partial charge on any atom is 0.134 e. The summed E-state index contributed by atoms with van der Waals surface area (Å²) in [5.74, 6) is 2.01. The lowest BCUT2D eigenvalue weighted by molar-refractivity contribution is 0.327. The smallest absolute Gasteiger partial charge is 0.134 e. The molecule has 0 fully saturated rings. The molecule has 0 spiro atoms. The van der Waals surface area contributed by atoms with Gasteiger partial charge in [0.2, 0.25) is 0 Å². The van der Waals surface area contributed by atoms with Gasteiger partial charge in [-0.25, -0.2) is 0 Å². The lowest BCUT2D eigenvalue weighted by Crippen LogP contribution is -2.18. The highest BCUT2D eigenvalue weighted by atomic mass is 16.5. The van der Waals surface area contributed by atoms with Crippen LogP contribution in [0.4, 0.5) is 0 Å². The van der Waals surface area contributed by atoms with Crippen molar-refractivity contribution < 1.29 is 9.47 Å². The Kier molecular flexibility index (Phi) is 3.86. The van der Waals surface area contributed by atoms with Crippen LogP contribution in [0.15, 0.2) is 30.3 Å². The van der Waals surface area contributed by atoms with Crippen molar-refractivity contribution in [2.75, 3.05) is 13.2 Å². The van der Waals surface area contributed by atoms with Crippen LogP contribution in [0.5, 0.6) is 11.5 Å². The largest absolute Gasteiger partial charge is 0.493 e. The SMILES string of the molecule is CCOc1c2c(c(OCC)c3ccccc13)CC(C)(C)C=C2. The van der Waals surface area contributed by atoms with Crippen LogP contribution >= 0.6 is 0 Å². The third-order valence-electron chi connectivity index (χ3n) is 4.17. The topological polar surface area (TPSA) is 18.5 Å². The molecule has 0 saturated carbocycles. The summed E-state index contributed by atoms with van der Waals surface area (Å²) < 4.78 is 12.1. The van der Waals surface area contributed by atoms with E-state index in [0.29, 0.717) is 13.2 Å². The lowest BCUT2D eigenvalue weighted by atomic mass is 9.78. The van der Waals surface area contributed by atoms with Gasteiger partial charge < -0.3 is 9.47 Å². The van der Waals surface area contributed by atoms with Gasteiger partial charge in [-0.1, -0.05) is 50.3 Å². The van der Waals surface area contributed by atoms with E-state index in [0.717, 1.165) is 28.7 Å². The summed E-state index contributed by atoms with van der Waals surface area (Å²) >= 11 is 0. The van der Waals surface area contributed by atoms with Gasteiger partial charge in [0.25, 0.3) is 0 Å². The number of rotatable bonds is 4. The summed E-state index contributed by atoms with van der Waals surface area (Å²) in [6.07, 6.45) is 5.46. The van der Waals surface area contributed by atoms with Crippen LogP contribution in [-0.2, 0) is 6.42 Å². The molecule has 0 bridgehead atoms. The zero-order chi connectivity index (χ0) is 15.7. The van der Waals surface area contributed by atoms with Crippen LogP contribution in [0, 0.1) is 5.41 Å². The third kappa shape index (κ3) is 2.47. The summed E-state index contributed by atoms with van der Waals surface area (Å²) in [5.41, 5.74) is 2.60. The standard InChI is InChI=1S/C20H24O2/c1-5-21-18-14-9-7-8-10-15(14)19(22-6-2)17-13-20(3,4)12-11-16(17)18/h7-12H,5-6,13H2,1-4H3. The zero-order valence-electron chi connectivity index (χ0n) is 13.9. The van der Waals surface area contributed by atoms with Crippen LogP contribution in [0.25, 0.3) is 16.8 Å². The van der Waals surface area contributed by atoms with Gasteiger partial charge in [0.05, 0.1) is 13.2 Å². The van der Waals surface area contributed by atoms with E-state index in [-0.39, 0.29) is 5.41 Å². The Hall–Kier alpha value is -1.96. The van der Waals surface area contributed by atoms with E-state index in [1.807, 2.05) is 13.8 Å². The molecule has 0 N–H and O–H groups in total.